The van der Waals surface area contributed by atoms with E-state index in [0.29, 0.717) is 6.54 Å². The molecular weight excluding hydrogens is 288 g/mol. The molecule has 0 radical (unpaired) electrons. The maximum atomic E-state index is 12.6. The third-order valence-electron chi connectivity index (χ3n) is 5.41. The number of nitrogens with zero attached hydrogens (tertiary/aromatic N) is 1. The smallest absolute Gasteiger partial charge is 0.229 e. The van der Waals surface area contributed by atoms with E-state index in [9.17, 15) is 9.90 Å². The van der Waals surface area contributed by atoms with Crippen molar-refractivity contribution in [3.63, 3.8) is 0 Å². The van der Waals surface area contributed by atoms with E-state index in [4.69, 9.17) is 0 Å². The molecule has 23 heavy (non-hydrogen) atoms. The Kier molecular flexibility index (Phi) is 4.45. The Bertz CT molecular complexity index is 584. The normalized spacial score (nSPS) is 29.6. The second kappa shape index (κ2) is 6.23. The number of pyridine rings is 1. The van der Waals surface area contributed by atoms with Gasteiger partial charge in [-0.3, -0.25) is 9.78 Å². The van der Waals surface area contributed by atoms with Gasteiger partial charge in [0.25, 0.3) is 0 Å². The molecule has 1 amide bonds. The lowest BCUT2D eigenvalue weighted by Gasteiger charge is -2.41. The molecule has 3 rings (SSSR count). The number of amides is 1. The van der Waals surface area contributed by atoms with Crippen LogP contribution in [0.2, 0.25) is 0 Å². The van der Waals surface area contributed by atoms with E-state index < -0.39 is 5.60 Å². The highest BCUT2D eigenvalue weighted by atomic mass is 16.3. The van der Waals surface area contributed by atoms with Crippen LogP contribution in [0.4, 0.5) is 0 Å². The van der Waals surface area contributed by atoms with Crippen LogP contribution in [0.15, 0.2) is 18.3 Å². The van der Waals surface area contributed by atoms with Crippen LogP contribution in [0.1, 0.15) is 69.5 Å². The zero-order chi connectivity index (χ0) is 16.5. The zero-order valence-corrected chi connectivity index (χ0v) is 14.3. The average Bonchev–Trinajstić information content (AvgIpc) is 2.51. The topological polar surface area (TPSA) is 62.2 Å². The summed E-state index contributed by atoms with van der Waals surface area (Å²) in [5, 5.41) is 13.8. The highest BCUT2D eigenvalue weighted by molar-refractivity contribution is 5.83. The molecule has 0 bridgehead atoms. The maximum Gasteiger partial charge on any atom is 0.229 e. The van der Waals surface area contributed by atoms with Crippen LogP contribution >= 0.6 is 0 Å². The molecule has 0 unspecified atom stereocenters. The monoisotopic (exact) mass is 316 g/mol. The van der Waals surface area contributed by atoms with Crippen LogP contribution in [0, 0.1) is 5.41 Å². The average molecular weight is 316 g/mol. The SMILES string of the molecule is CC1(C)CCC[C@](O)(CNC(=O)[C@@H]2CCCc3cccnc32)C1. The van der Waals surface area contributed by atoms with E-state index in [1.165, 1.54) is 5.56 Å². The quantitative estimate of drug-likeness (QED) is 0.901. The second-order valence-corrected chi connectivity index (χ2v) is 8.13. The van der Waals surface area contributed by atoms with E-state index in [1.54, 1.807) is 6.20 Å². The van der Waals surface area contributed by atoms with Crippen LogP contribution in [0.3, 0.4) is 0 Å². The molecule has 1 saturated carbocycles. The molecule has 1 fully saturated rings. The molecule has 1 heterocycles. The fourth-order valence-corrected chi connectivity index (χ4v) is 4.35. The van der Waals surface area contributed by atoms with Gasteiger partial charge >= 0.3 is 0 Å². The minimum absolute atomic E-state index is 0.0152. The van der Waals surface area contributed by atoms with E-state index >= 15 is 0 Å². The van der Waals surface area contributed by atoms with Crippen molar-refractivity contribution in [2.45, 2.75) is 70.3 Å². The van der Waals surface area contributed by atoms with Gasteiger partial charge in [0, 0.05) is 12.7 Å². The van der Waals surface area contributed by atoms with Gasteiger partial charge in [0.2, 0.25) is 5.91 Å². The van der Waals surface area contributed by atoms with Gasteiger partial charge in [-0.15, -0.1) is 0 Å². The fraction of sp³-hybridized carbons (Fsp3) is 0.684. The Morgan fingerprint density at radius 1 is 1.39 bits per heavy atom. The van der Waals surface area contributed by atoms with Crippen LogP contribution < -0.4 is 5.32 Å². The summed E-state index contributed by atoms with van der Waals surface area (Å²) >= 11 is 0. The lowest BCUT2D eigenvalue weighted by molar-refractivity contribution is -0.125. The van der Waals surface area contributed by atoms with Gasteiger partial charge in [-0.25, -0.2) is 0 Å². The summed E-state index contributed by atoms with van der Waals surface area (Å²) in [4.78, 5) is 17.1. The highest BCUT2D eigenvalue weighted by Crippen LogP contribution is 2.40. The Labute approximate surface area is 138 Å². The molecule has 126 valence electrons. The molecule has 1 aromatic rings. The summed E-state index contributed by atoms with van der Waals surface area (Å²) in [6, 6.07) is 4.00. The van der Waals surface area contributed by atoms with Crippen LogP contribution in [-0.4, -0.2) is 28.1 Å². The summed E-state index contributed by atoms with van der Waals surface area (Å²) in [5.74, 6) is -0.151. The summed E-state index contributed by atoms with van der Waals surface area (Å²) < 4.78 is 0. The molecule has 4 heteroatoms. The van der Waals surface area contributed by atoms with Crippen molar-refractivity contribution in [2.24, 2.45) is 5.41 Å². The minimum Gasteiger partial charge on any atom is -0.388 e. The molecule has 0 aliphatic heterocycles. The second-order valence-electron chi connectivity index (χ2n) is 8.13. The van der Waals surface area contributed by atoms with Gasteiger partial charge in [0.1, 0.15) is 0 Å². The predicted octanol–water partition coefficient (Wildman–Crippen LogP) is 2.95. The number of carbonyl (C=O) groups is 1. The highest BCUT2D eigenvalue weighted by Gasteiger charge is 2.39. The number of hydrogen-bond acceptors (Lipinski definition) is 3. The van der Waals surface area contributed by atoms with E-state index in [-0.39, 0.29) is 17.2 Å². The third kappa shape index (κ3) is 3.74. The Hall–Kier alpha value is -1.42. The number of aromatic nitrogens is 1. The molecule has 2 aliphatic carbocycles. The van der Waals surface area contributed by atoms with Crippen LogP contribution in [-0.2, 0) is 11.2 Å². The van der Waals surface area contributed by atoms with Gasteiger partial charge in [-0.2, -0.15) is 0 Å². The van der Waals surface area contributed by atoms with Gasteiger partial charge in [0.05, 0.1) is 17.2 Å². The number of carbonyl (C=O) groups excluding carboxylic acids is 1. The van der Waals surface area contributed by atoms with Gasteiger partial charge < -0.3 is 10.4 Å². The van der Waals surface area contributed by atoms with Gasteiger partial charge in [-0.1, -0.05) is 19.9 Å². The van der Waals surface area contributed by atoms with Crippen molar-refractivity contribution in [1.82, 2.24) is 10.3 Å². The molecule has 2 atom stereocenters. The molecule has 0 saturated heterocycles. The van der Waals surface area contributed by atoms with Crippen molar-refractivity contribution < 1.29 is 9.90 Å². The number of nitrogens with one attached hydrogen (secondary N) is 1. The molecule has 2 N–H and O–H groups in total. The molecule has 0 aromatic carbocycles. The summed E-state index contributed by atoms with van der Waals surface area (Å²) in [5.41, 5.74) is 1.50. The molecule has 4 nitrogen and oxygen atoms in total. The first-order chi connectivity index (χ1) is 10.9. The van der Waals surface area contributed by atoms with Crippen LogP contribution in [0.5, 0.6) is 0 Å². The summed E-state index contributed by atoms with van der Waals surface area (Å²) in [6.07, 6.45) is 8.33. The first-order valence-corrected chi connectivity index (χ1v) is 8.83. The predicted molar refractivity (Wildman–Crippen MR) is 90.1 cm³/mol. The number of hydrogen-bond donors (Lipinski definition) is 2. The molecule has 2 aliphatic rings. The lowest BCUT2D eigenvalue weighted by Crippen LogP contribution is -2.49. The molecule has 0 spiro atoms. The fourth-order valence-electron chi connectivity index (χ4n) is 4.35. The van der Waals surface area contributed by atoms with Crippen molar-refractivity contribution in [3.8, 4) is 0 Å². The largest absolute Gasteiger partial charge is 0.388 e. The van der Waals surface area contributed by atoms with E-state index in [0.717, 1.165) is 50.6 Å². The Morgan fingerprint density at radius 3 is 3.00 bits per heavy atom. The molecular formula is C19H28N2O2. The van der Waals surface area contributed by atoms with Crippen molar-refractivity contribution in [1.29, 1.82) is 0 Å². The van der Waals surface area contributed by atoms with Crippen molar-refractivity contribution >= 4 is 5.91 Å². The van der Waals surface area contributed by atoms with Crippen LogP contribution in [0.25, 0.3) is 0 Å². The number of fused-ring (bicyclic) bond motifs is 1. The zero-order valence-electron chi connectivity index (χ0n) is 14.3. The number of aliphatic hydroxyl groups is 1. The first-order valence-electron chi connectivity index (χ1n) is 8.83. The lowest BCUT2D eigenvalue weighted by atomic mass is 9.70. The number of aryl methyl sites for hydroxylation is 1. The Balaban J connectivity index is 1.64. The van der Waals surface area contributed by atoms with E-state index in [1.807, 2.05) is 6.07 Å². The van der Waals surface area contributed by atoms with Crippen molar-refractivity contribution in [2.75, 3.05) is 6.54 Å². The van der Waals surface area contributed by atoms with Crippen molar-refractivity contribution in [3.05, 3.63) is 29.6 Å². The summed E-state index contributed by atoms with van der Waals surface area (Å²) in [6.45, 7) is 4.74. The minimum atomic E-state index is -0.765. The maximum absolute atomic E-state index is 12.6. The Morgan fingerprint density at radius 2 is 2.22 bits per heavy atom. The standard InChI is InChI=1S/C19H28N2O2/c1-18(2)9-5-10-19(23,12-18)13-21-17(22)15-8-3-6-14-7-4-11-20-16(14)15/h4,7,11,15,23H,3,5-6,8-10,12-13H2,1-2H3,(H,21,22)/t15-,19-/m1/s1. The third-order valence-corrected chi connectivity index (χ3v) is 5.41. The first kappa shape index (κ1) is 16.4. The summed E-state index contributed by atoms with van der Waals surface area (Å²) in [7, 11) is 0. The number of rotatable bonds is 3. The molecule has 1 aromatic heterocycles. The van der Waals surface area contributed by atoms with Gasteiger partial charge in [-0.05, 0) is 62.0 Å². The van der Waals surface area contributed by atoms with Gasteiger partial charge in [0.15, 0.2) is 0 Å². The van der Waals surface area contributed by atoms with E-state index in [2.05, 4.69) is 30.2 Å².